The molecule has 0 N–H and O–H groups in total. The molecule has 0 saturated heterocycles. The van der Waals surface area contributed by atoms with Crippen LogP contribution in [0, 0.1) is 22.9 Å². The molecule has 2 aromatic carbocycles. The highest BCUT2D eigenvalue weighted by Gasteiger charge is 2.23. The van der Waals surface area contributed by atoms with Crippen LogP contribution in [0.1, 0.15) is 21.5 Å². The number of rotatable bonds is 7. The lowest BCUT2D eigenvalue weighted by atomic mass is 10.0. The summed E-state index contributed by atoms with van der Waals surface area (Å²) in [7, 11) is 3.76. The van der Waals surface area contributed by atoms with Crippen LogP contribution in [0.15, 0.2) is 42.5 Å². The SMILES string of the molecule is Cc1c(C(=O)N(CCN(C)C)Cc2ccccc2F)cccc1[N+](=O)[O-]. The highest BCUT2D eigenvalue weighted by atomic mass is 19.1. The fourth-order valence-corrected chi connectivity index (χ4v) is 2.63. The summed E-state index contributed by atoms with van der Waals surface area (Å²) < 4.78 is 14.0. The van der Waals surface area contributed by atoms with Gasteiger partial charge in [-0.1, -0.05) is 24.3 Å². The topological polar surface area (TPSA) is 66.7 Å². The lowest BCUT2D eigenvalue weighted by molar-refractivity contribution is -0.385. The highest BCUT2D eigenvalue weighted by molar-refractivity contribution is 5.96. The number of hydrogen-bond acceptors (Lipinski definition) is 4. The average molecular weight is 359 g/mol. The van der Waals surface area contributed by atoms with E-state index in [0.29, 0.717) is 24.2 Å². The number of benzene rings is 2. The molecule has 0 atom stereocenters. The van der Waals surface area contributed by atoms with Crippen LogP contribution in [-0.4, -0.2) is 47.8 Å². The minimum absolute atomic E-state index is 0.0987. The van der Waals surface area contributed by atoms with Gasteiger partial charge in [0.15, 0.2) is 0 Å². The first kappa shape index (κ1) is 19.5. The molecule has 0 aromatic heterocycles. The van der Waals surface area contributed by atoms with Gasteiger partial charge in [0.2, 0.25) is 0 Å². The van der Waals surface area contributed by atoms with Gasteiger partial charge in [-0.2, -0.15) is 0 Å². The first-order valence-electron chi connectivity index (χ1n) is 8.22. The minimum atomic E-state index is -0.507. The lowest BCUT2D eigenvalue weighted by Gasteiger charge is -2.25. The van der Waals surface area contributed by atoms with E-state index in [0.717, 1.165) is 0 Å². The molecule has 0 radical (unpaired) electrons. The van der Waals surface area contributed by atoms with Crippen molar-refractivity contribution in [2.75, 3.05) is 27.2 Å². The van der Waals surface area contributed by atoms with Crippen LogP contribution in [0.25, 0.3) is 0 Å². The zero-order chi connectivity index (χ0) is 19.3. The Kier molecular flexibility index (Phi) is 6.41. The Morgan fingerprint density at radius 3 is 2.42 bits per heavy atom. The minimum Gasteiger partial charge on any atom is -0.333 e. The normalized spacial score (nSPS) is 10.8. The van der Waals surface area contributed by atoms with Gasteiger partial charge in [-0.3, -0.25) is 14.9 Å². The van der Waals surface area contributed by atoms with Gasteiger partial charge < -0.3 is 9.80 Å². The van der Waals surface area contributed by atoms with E-state index in [9.17, 15) is 19.3 Å². The molecule has 0 saturated carbocycles. The van der Waals surface area contributed by atoms with Crippen LogP contribution in [-0.2, 0) is 6.54 Å². The van der Waals surface area contributed by atoms with E-state index < -0.39 is 4.92 Å². The molecule has 0 aliphatic rings. The second-order valence-corrected chi connectivity index (χ2v) is 6.33. The van der Waals surface area contributed by atoms with E-state index in [4.69, 9.17) is 0 Å². The number of carbonyl (C=O) groups is 1. The van der Waals surface area contributed by atoms with Crippen molar-refractivity contribution in [3.63, 3.8) is 0 Å². The molecule has 0 unspecified atom stereocenters. The molecule has 0 bridgehead atoms. The molecular formula is C19H22FN3O3. The smallest absolute Gasteiger partial charge is 0.273 e. The highest BCUT2D eigenvalue weighted by Crippen LogP contribution is 2.23. The Balaban J connectivity index is 2.35. The molecule has 7 heteroatoms. The second kappa shape index (κ2) is 8.53. The van der Waals surface area contributed by atoms with Gasteiger partial charge in [0.25, 0.3) is 11.6 Å². The van der Waals surface area contributed by atoms with Gasteiger partial charge in [0, 0.05) is 42.4 Å². The van der Waals surface area contributed by atoms with Crippen LogP contribution >= 0.6 is 0 Å². The number of nitro groups is 1. The van der Waals surface area contributed by atoms with Gasteiger partial charge in [-0.05, 0) is 33.2 Å². The molecule has 0 fully saturated rings. The van der Waals surface area contributed by atoms with E-state index in [-0.39, 0.29) is 29.5 Å². The molecule has 0 aliphatic carbocycles. The Morgan fingerprint density at radius 2 is 1.81 bits per heavy atom. The monoisotopic (exact) mass is 359 g/mol. The summed E-state index contributed by atoms with van der Waals surface area (Å²) in [6.45, 7) is 2.62. The number of nitrogens with zero attached hydrogens (tertiary/aromatic N) is 3. The number of halogens is 1. The Hall–Kier alpha value is -2.80. The molecule has 138 valence electrons. The maximum absolute atomic E-state index is 14.0. The standard InChI is InChI=1S/C19H22FN3O3/c1-14-16(8-6-10-18(14)23(25)26)19(24)22(12-11-21(2)3)13-15-7-4-5-9-17(15)20/h4-10H,11-13H2,1-3H3. The first-order chi connectivity index (χ1) is 12.3. The first-order valence-corrected chi connectivity index (χ1v) is 8.22. The fourth-order valence-electron chi connectivity index (χ4n) is 2.63. The molecule has 0 spiro atoms. The predicted molar refractivity (Wildman–Crippen MR) is 97.5 cm³/mol. The number of nitro benzene ring substituents is 1. The number of carbonyl (C=O) groups excluding carboxylic acids is 1. The van der Waals surface area contributed by atoms with E-state index in [2.05, 4.69) is 0 Å². The summed E-state index contributed by atoms with van der Waals surface area (Å²) in [5.74, 6) is -0.734. The Morgan fingerprint density at radius 1 is 1.12 bits per heavy atom. The number of hydrogen-bond donors (Lipinski definition) is 0. The maximum Gasteiger partial charge on any atom is 0.273 e. The van der Waals surface area contributed by atoms with Crippen LogP contribution in [0.4, 0.5) is 10.1 Å². The lowest BCUT2D eigenvalue weighted by Crippen LogP contribution is -2.36. The van der Waals surface area contributed by atoms with Crippen LogP contribution in [0.3, 0.4) is 0 Å². The quantitative estimate of drug-likeness (QED) is 0.562. The molecule has 0 aliphatic heterocycles. The Bertz CT molecular complexity index is 808. The second-order valence-electron chi connectivity index (χ2n) is 6.33. The van der Waals surface area contributed by atoms with E-state index in [1.54, 1.807) is 31.2 Å². The van der Waals surface area contributed by atoms with Crippen LogP contribution < -0.4 is 0 Å². The summed E-state index contributed by atoms with van der Waals surface area (Å²) in [4.78, 5) is 27.1. The van der Waals surface area contributed by atoms with Crippen molar-refractivity contribution < 1.29 is 14.1 Å². The third-order valence-corrected chi connectivity index (χ3v) is 4.16. The molecule has 2 rings (SSSR count). The summed E-state index contributed by atoms with van der Waals surface area (Å²) >= 11 is 0. The van der Waals surface area contributed by atoms with E-state index in [1.165, 1.54) is 23.1 Å². The van der Waals surface area contributed by atoms with Gasteiger partial charge in [0.1, 0.15) is 5.82 Å². The number of likely N-dealkylation sites (N-methyl/N-ethyl adjacent to an activating group) is 1. The molecule has 1 amide bonds. The van der Waals surface area contributed by atoms with Crippen molar-refractivity contribution in [2.45, 2.75) is 13.5 Å². The van der Waals surface area contributed by atoms with Crippen molar-refractivity contribution in [3.8, 4) is 0 Å². The van der Waals surface area contributed by atoms with Gasteiger partial charge in [-0.25, -0.2) is 4.39 Å². The van der Waals surface area contributed by atoms with Crippen molar-refractivity contribution in [1.82, 2.24) is 9.80 Å². The molecule has 6 nitrogen and oxygen atoms in total. The van der Waals surface area contributed by atoms with Crippen molar-refractivity contribution in [3.05, 3.63) is 75.1 Å². The van der Waals surface area contributed by atoms with Crippen molar-refractivity contribution >= 4 is 11.6 Å². The van der Waals surface area contributed by atoms with E-state index >= 15 is 0 Å². The van der Waals surface area contributed by atoms with Crippen molar-refractivity contribution in [2.24, 2.45) is 0 Å². The molecule has 0 heterocycles. The van der Waals surface area contributed by atoms with Gasteiger partial charge in [-0.15, -0.1) is 0 Å². The van der Waals surface area contributed by atoms with E-state index in [1.807, 2.05) is 19.0 Å². The van der Waals surface area contributed by atoms with Gasteiger partial charge in [0.05, 0.1) is 4.92 Å². The fraction of sp³-hybridized carbons (Fsp3) is 0.316. The summed E-state index contributed by atoms with van der Waals surface area (Å²) in [5, 5.41) is 11.1. The van der Waals surface area contributed by atoms with Crippen molar-refractivity contribution in [1.29, 1.82) is 0 Å². The zero-order valence-electron chi connectivity index (χ0n) is 15.1. The summed E-state index contributed by atoms with van der Waals surface area (Å²) in [5.41, 5.74) is 0.872. The predicted octanol–water partition coefficient (Wildman–Crippen LogP) is 3.25. The third-order valence-electron chi connectivity index (χ3n) is 4.16. The summed E-state index contributed by atoms with van der Waals surface area (Å²) in [6.07, 6.45) is 0. The maximum atomic E-state index is 14.0. The largest absolute Gasteiger partial charge is 0.333 e. The molecule has 2 aromatic rings. The summed E-state index contributed by atoms with van der Waals surface area (Å²) in [6, 6.07) is 10.7. The third kappa shape index (κ3) is 4.64. The zero-order valence-corrected chi connectivity index (χ0v) is 15.1. The van der Waals surface area contributed by atoms with Crippen LogP contribution in [0.2, 0.25) is 0 Å². The molecule has 26 heavy (non-hydrogen) atoms. The Labute approximate surface area is 152 Å². The van der Waals surface area contributed by atoms with Gasteiger partial charge >= 0.3 is 0 Å². The average Bonchev–Trinajstić information content (AvgIpc) is 2.59. The molecular weight excluding hydrogens is 337 g/mol. The number of amides is 1. The van der Waals surface area contributed by atoms with Crippen LogP contribution in [0.5, 0.6) is 0 Å².